The van der Waals surface area contributed by atoms with Gasteiger partial charge >= 0.3 is 5.97 Å². The first-order valence-electron chi connectivity index (χ1n) is 10.1. The molecule has 1 aliphatic rings. The van der Waals surface area contributed by atoms with Crippen LogP contribution in [0.1, 0.15) is 12.5 Å². The fraction of sp³-hybridized carbons (Fsp3) is 0.304. The number of ether oxygens (including phenoxy) is 2. The number of para-hydroxylation sites is 1. The van der Waals surface area contributed by atoms with Crippen molar-refractivity contribution in [2.75, 3.05) is 36.5 Å². The molecule has 0 bridgehead atoms. The van der Waals surface area contributed by atoms with Crippen molar-refractivity contribution < 1.29 is 19.1 Å². The molecule has 1 saturated heterocycles. The lowest BCUT2D eigenvalue weighted by atomic mass is 10.1. The standard InChI is InChI=1S/C23H25N3O4/c1-16(30-22(27)14-17-15-24-21-5-3-2-4-20(17)21)23(28)25-18-6-8-19(9-7-18)26-10-12-29-13-11-26/h2-9,15-16,24H,10-14H2,1H3,(H,25,28)/t16-/m1/s1. The number of carbonyl (C=O) groups excluding carboxylic acids is 2. The normalized spacial score (nSPS) is 15.0. The molecule has 1 aromatic heterocycles. The smallest absolute Gasteiger partial charge is 0.311 e. The largest absolute Gasteiger partial charge is 0.452 e. The number of aromatic amines is 1. The number of anilines is 2. The summed E-state index contributed by atoms with van der Waals surface area (Å²) in [6, 6.07) is 15.4. The highest BCUT2D eigenvalue weighted by atomic mass is 16.5. The SMILES string of the molecule is C[C@@H](OC(=O)Cc1c[nH]c2ccccc12)C(=O)Nc1ccc(N2CCOCC2)cc1. The molecule has 1 aliphatic heterocycles. The zero-order chi connectivity index (χ0) is 20.9. The molecule has 4 rings (SSSR count). The molecular formula is C23H25N3O4. The number of fused-ring (bicyclic) bond motifs is 1. The van der Waals surface area contributed by atoms with Gasteiger partial charge in [0, 0.05) is 41.6 Å². The molecule has 0 saturated carbocycles. The number of esters is 1. The van der Waals surface area contributed by atoms with Gasteiger partial charge in [0.1, 0.15) is 0 Å². The van der Waals surface area contributed by atoms with Gasteiger partial charge in [-0.25, -0.2) is 0 Å². The quantitative estimate of drug-likeness (QED) is 0.614. The van der Waals surface area contributed by atoms with Crippen LogP contribution in [0.15, 0.2) is 54.7 Å². The Balaban J connectivity index is 1.30. The first-order chi connectivity index (χ1) is 14.6. The number of hydrogen-bond acceptors (Lipinski definition) is 5. The average molecular weight is 407 g/mol. The van der Waals surface area contributed by atoms with E-state index in [1.54, 1.807) is 13.1 Å². The van der Waals surface area contributed by atoms with Gasteiger partial charge in [-0.15, -0.1) is 0 Å². The van der Waals surface area contributed by atoms with Crippen LogP contribution in [-0.2, 0) is 25.5 Å². The van der Waals surface area contributed by atoms with Crippen LogP contribution in [0.4, 0.5) is 11.4 Å². The van der Waals surface area contributed by atoms with Crippen LogP contribution in [0.5, 0.6) is 0 Å². The van der Waals surface area contributed by atoms with Gasteiger partial charge in [-0.1, -0.05) is 18.2 Å². The molecule has 2 N–H and O–H groups in total. The van der Waals surface area contributed by atoms with Crippen LogP contribution in [0.3, 0.4) is 0 Å². The Kier molecular flexibility index (Phi) is 5.99. The highest BCUT2D eigenvalue weighted by Crippen LogP contribution is 2.20. The number of nitrogens with zero attached hydrogens (tertiary/aromatic N) is 1. The van der Waals surface area contributed by atoms with Crippen molar-refractivity contribution in [1.29, 1.82) is 0 Å². The Bertz CT molecular complexity index is 1020. The number of nitrogens with one attached hydrogen (secondary N) is 2. The topological polar surface area (TPSA) is 83.7 Å². The van der Waals surface area contributed by atoms with E-state index < -0.39 is 12.1 Å². The summed E-state index contributed by atoms with van der Waals surface area (Å²) < 4.78 is 10.7. The van der Waals surface area contributed by atoms with E-state index in [9.17, 15) is 9.59 Å². The predicted octanol–water partition coefficient (Wildman–Crippen LogP) is 3.12. The minimum absolute atomic E-state index is 0.107. The van der Waals surface area contributed by atoms with Gasteiger partial charge in [0.2, 0.25) is 0 Å². The summed E-state index contributed by atoms with van der Waals surface area (Å²) in [7, 11) is 0. The van der Waals surface area contributed by atoms with Crippen molar-refractivity contribution in [2.45, 2.75) is 19.4 Å². The summed E-state index contributed by atoms with van der Waals surface area (Å²) >= 11 is 0. The lowest BCUT2D eigenvalue weighted by molar-refractivity contribution is -0.152. The van der Waals surface area contributed by atoms with Crippen molar-refractivity contribution >= 4 is 34.2 Å². The first kappa shape index (κ1) is 20.0. The zero-order valence-electron chi connectivity index (χ0n) is 16.9. The van der Waals surface area contributed by atoms with Gasteiger partial charge in [-0.3, -0.25) is 9.59 Å². The molecule has 7 heteroatoms. The maximum atomic E-state index is 12.4. The summed E-state index contributed by atoms with van der Waals surface area (Å²) in [4.78, 5) is 30.1. The molecular weight excluding hydrogens is 382 g/mol. The maximum Gasteiger partial charge on any atom is 0.311 e. The summed E-state index contributed by atoms with van der Waals surface area (Å²) in [6.45, 7) is 4.73. The van der Waals surface area contributed by atoms with Gasteiger partial charge < -0.3 is 24.7 Å². The number of aromatic nitrogens is 1. The molecule has 156 valence electrons. The van der Waals surface area contributed by atoms with Gasteiger partial charge in [-0.2, -0.15) is 0 Å². The van der Waals surface area contributed by atoms with E-state index in [-0.39, 0.29) is 12.3 Å². The van der Waals surface area contributed by atoms with Crippen molar-refractivity contribution in [3.8, 4) is 0 Å². The van der Waals surface area contributed by atoms with Crippen LogP contribution < -0.4 is 10.2 Å². The van der Waals surface area contributed by atoms with Gasteiger partial charge in [-0.05, 0) is 42.8 Å². The molecule has 3 aromatic rings. The minimum atomic E-state index is -0.887. The Hall–Kier alpha value is -3.32. The Morgan fingerprint density at radius 2 is 1.87 bits per heavy atom. The average Bonchev–Trinajstić information content (AvgIpc) is 3.17. The molecule has 0 unspecified atom stereocenters. The van der Waals surface area contributed by atoms with E-state index in [1.165, 1.54) is 0 Å². The number of rotatable bonds is 6. The predicted molar refractivity (Wildman–Crippen MR) is 116 cm³/mol. The maximum absolute atomic E-state index is 12.4. The van der Waals surface area contributed by atoms with E-state index in [4.69, 9.17) is 9.47 Å². The summed E-state index contributed by atoms with van der Waals surface area (Å²) in [6.07, 6.45) is 1.02. The highest BCUT2D eigenvalue weighted by Gasteiger charge is 2.19. The summed E-state index contributed by atoms with van der Waals surface area (Å²) in [5, 5.41) is 3.78. The van der Waals surface area contributed by atoms with Crippen LogP contribution in [-0.4, -0.2) is 49.3 Å². The van der Waals surface area contributed by atoms with E-state index in [0.717, 1.165) is 48.5 Å². The van der Waals surface area contributed by atoms with Gasteiger partial charge in [0.05, 0.1) is 19.6 Å². The molecule has 2 heterocycles. The summed E-state index contributed by atoms with van der Waals surface area (Å²) in [5.74, 6) is -0.800. The van der Waals surface area contributed by atoms with Crippen LogP contribution in [0, 0.1) is 0 Å². The van der Waals surface area contributed by atoms with Crippen molar-refractivity contribution in [2.24, 2.45) is 0 Å². The molecule has 1 fully saturated rings. The Morgan fingerprint density at radius 3 is 2.63 bits per heavy atom. The third kappa shape index (κ3) is 4.63. The molecule has 0 aliphatic carbocycles. The van der Waals surface area contributed by atoms with Crippen LogP contribution in [0.2, 0.25) is 0 Å². The molecule has 2 aromatic carbocycles. The van der Waals surface area contributed by atoms with E-state index in [0.29, 0.717) is 5.69 Å². The third-order valence-electron chi connectivity index (χ3n) is 5.20. The fourth-order valence-corrected chi connectivity index (χ4v) is 3.55. The molecule has 1 atom stereocenters. The van der Waals surface area contributed by atoms with Crippen LogP contribution >= 0.6 is 0 Å². The lowest BCUT2D eigenvalue weighted by Gasteiger charge is -2.28. The monoisotopic (exact) mass is 407 g/mol. The number of morpholine rings is 1. The molecule has 7 nitrogen and oxygen atoms in total. The van der Waals surface area contributed by atoms with Crippen molar-refractivity contribution in [1.82, 2.24) is 4.98 Å². The Labute approximate surface area is 175 Å². The van der Waals surface area contributed by atoms with E-state index >= 15 is 0 Å². The number of hydrogen-bond donors (Lipinski definition) is 2. The number of benzene rings is 2. The zero-order valence-corrected chi connectivity index (χ0v) is 16.9. The number of amides is 1. The van der Waals surface area contributed by atoms with Gasteiger partial charge in [0.15, 0.2) is 6.10 Å². The van der Waals surface area contributed by atoms with Crippen molar-refractivity contribution in [3.05, 3.63) is 60.3 Å². The molecule has 30 heavy (non-hydrogen) atoms. The molecule has 1 amide bonds. The van der Waals surface area contributed by atoms with Crippen molar-refractivity contribution in [3.63, 3.8) is 0 Å². The lowest BCUT2D eigenvalue weighted by Crippen LogP contribution is -2.36. The van der Waals surface area contributed by atoms with Gasteiger partial charge in [0.25, 0.3) is 5.91 Å². The van der Waals surface area contributed by atoms with E-state index in [2.05, 4.69) is 15.2 Å². The number of carbonyl (C=O) groups is 2. The summed E-state index contributed by atoms with van der Waals surface area (Å²) in [5.41, 5.74) is 3.57. The fourth-order valence-electron chi connectivity index (χ4n) is 3.55. The van der Waals surface area contributed by atoms with E-state index in [1.807, 2.05) is 48.5 Å². The second kappa shape index (κ2) is 9.00. The third-order valence-corrected chi connectivity index (χ3v) is 5.20. The minimum Gasteiger partial charge on any atom is -0.452 e. The Morgan fingerprint density at radius 1 is 1.13 bits per heavy atom. The number of H-pyrrole nitrogens is 1. The second-order valence-corrected chi connectivity index (χ2v) is 7.30. The highest BCUT2D eigenvalue weighted by molar-refractivity contribution is 5.95. The molecule has 0 radical (unpaired) electrons. The van der Waals surface area contributed by atoms with Crippen LogP contribution in [0.25, 0.3) is 10.9 Å². The second-order valence-electron chi connectivity index (χ2n) is 7.30. The molecule has 0 spiro atoms. The first-order valence-corrected chi connectivity index (χ1v) is 10.1.